The number of carbonyl (C=O) groups excluding carboxylic acids is 1. The van der Waals surface area contributed by atoms with Crippen LogP contribution in [-0.2, 0) is 16.4 Å². The summed E-state index contributed by atoms with van der Waals surface area (Å²) in [5.41, 5.74) is 0.319. The molecule has 1 fully saturated rings. The van der Waals surface area contributed by atoms with Crippen LogP contribution in [0.5, 0.6) is 0 Å². The fraction of sp³-hybridized carbons (Fsp3) is 0.379. The molecule has 3 aromatic rings. The zero-order chi connectivity index (χ0) is 27.8. The molecule has 202 valence electrons. The quantitative estimate of drug-likeness (QED) is 0.391. The van der Waals surface area contributed by atoms with Crippen molar-refractivity contribution in [3.63, 3.8) is 0 Å². The summed E-state index contributed by atoms with van der Waals surface area (Å²) >= 11 is 0. The highest BCUT2D eigenvalue weighted by atomic mass is 19.4. The molecular weight excluding hydrogens is 498 g/mol. The Hall–Kier alpha value is -3.46. The molecule has 1 aromatic heterocycles. The molecule has 0 spiro atoms. The molecule has 0 bridgehead atoms. The van der Waals surface area contributed by atoms with Crippen molar-refractivity contribution in [2.45, 2.75) is 51.2 Å². The number of benzene rings is 2. The van der Waals surface area contributed by atoms with Crippen LogP contribution in [0, 0.1) is 12.7 Å². The van der Waals surface area contributed by atoms with Gasteiger partial charge in [-0.15, -0.1) is 0 Å². The monoisotopic (exact) mass is 529 g/mol. The Morgan fingerprint density at radius 1 is 1.11 bits per heavy atom. The summed E-state index contributed by atoms with van der Waals surface area (Å²) in [5.74, 6) is -0.910. The van der Waals surface area contributed by atoms with E-state index in [9.17, 15) is 27.5 Å². The number of nitrogens with zero attached hydrogens (tertiary/aromatic N) is 3. The minimum atomic E-state index is -4.75. The summed E-state index contributed by atoms with van der Waals surface area (Å²) in [4.78, 5) is 21.8. The highest BCUT2D eigenvalue weighted by Crippen LogP contribution is 2.39. The Bertz CT molecular complexity index is 1340. The van der Waals surface area contributed by atoms with E-state index in [1.807, 2.05) is 42.2 Å². The average molecular weight is 530 g/mol. The number of alkyl halides is 3. The second kappa shape index (κ2) is 10.4. The van der Waals surface area contributed by atoms with Crippen molar-refractivity contribution < 1.29 is 27.5 Å². The molecule has 1 N–H and O–H groups in total. The van der Waals surface area contributed by atoms with Crippen molar-refractivity contribution in [1.29, 1.82) is 0 Å². The first-order chi connectivity index (χ1) is 17.8. The second-order valence-electron chi connectivity index (χ2n) is 10.3. The number of anilines is 2. The van der Waals surface area contributed by atoms with Crippen LogP contribution >= 0.6 is 0 Å². The van der Waals surface area contributed by atoms with Crippen LogP contribution in [0.2, 0.25) is 0 Å². The molecule has 4 rings (SSSR count). The van der Waals surface area contributed by atoms with E-state index in [0.29, 0.717) is 17.6 Å². The lowest BCUT2D eigenvalue weighted by Gasteiger charge is -2.32. The number of aliphatic hydroxyl groups is 1. The van der Waals surface area contributed by atoms with Crippen LogP contribution in [0.15, 0.2) is 54.7 Å². The van der Waals surface area contributed by atoms with Gasteiger partial charge in [-0.2, -0.15) is 13.2 Å². The average Bonchev–Trinajstić information content (AvgIpc) is 3.36. The van der Waals surface area contributed by atoms with Crippen molar-refractivity contribution in [3.05, 3.63) is 77.2 Å². The van der Waals surface area contributed by atoms with E-state index < -0.39 is 28.9 Å². The number of halogens is 4. The smallest absolute Gasteiger partial charge is 0.394 e. The van der Waals surface area contributed by atoms with Gasteiger partial charge < -0.3 is 14.9 Å². The van der Waals surface area contributed by atoms with Gasteiger partial charge in [-0.3, -0.25) is 4.79 Å². The summed E-state index contributed by atoms with van der Waals surface area (Å²) < 4.78 is 54.3. The van der Waals surface area contributed by atoms with Gasteiger partial charge in [0, 0.05) is 19.2 Å². The van der Waals surface area contributed by atoms with Gasteiger partial charge >= 0.3 is 6.18 Å². The van der Waals surface area contributed by atoms with Gasteiger partial charge in [0.05, 0.1) is 35.5 Å². The Kier molecular flexibility index (Phi) is 7.52. The second-order valence-corrected chi connectivity index (χ2v) is 10.3. The van der Waals surface area contributed by atoms with Gasteiger partial charge in [-0.05, 0) is 74.6 Å². The Morgan fingerprint density at radius 3 is 2.45 bits per heavy atom. The molecule has 1 amide bonds. The number of carbonyl (C=O) groups is 1. The Balaban J connectivity index is 1.79. The van der Waals surface area contributed by atoms with Crippen molar-refractivity contribution in [2.75, 3.05) is 30.0 Å². The molecule has 5 nitrogen and oxygen atoms in total. The van der Waals surface area contributed by atoms with Gasteiger partial charge in [0.1, 0.15) is 11.6 Å². The summed E-state index contributed by atoms with van der Waals surface area (Å²) in [5, 5.41) is 9.81. The number of aryl methyl sites for hydroxylation is 1. The lowest BCUT2D eigenvalue weighted by molar-refractivity contribution is -0.138. The fourth-order valence-corrected chi connectivity index (χ4v) is 5.05. The van der Waals surface area contributed by atoms with Crippen molar-refractivity contribution in [2.24, 2.45) is 0 Å². The lowest BCUT2D eigenvalue weighted by Crippen LogP contribution is -2.42. The number of aromatic nitrogens is 1. The number of likely N-dealkylation sites (N-methyl/N-ethyl adjacent to an activating group) is 1. The zero-order valence-electron chi connectivity index (χ0n) is 21.8. The predicted octanol–water partition coefficient (Wildman–Crippen LogP) is 6.12. The van der Waals surface area contributed by atoms with Crippen molar-refractivity contribution in [1.82, 2.24) is 4.98 Å². The van der Waals surface area contributed by atoms with Crippen molar-refractivity contribution in [3.8, 4) is 11.1 Å². The molecule has 1 atom stereocenters. The molecule has 0 aliphatic carbocycles. The highest BCUT2D eigenvalue weighted by molar-refractivity contribution is 6.03. The number of amides is 1. The number of pyridine rings is 1. The molecule has 9 heteroatoms. The van der Waals surface area contributed by atoms with Crippen LogP contribution in [-0.4, -0.2) is 42.2 Å². The predicted molar refractivity (Wildman–Crippen MR) is 140 cm³/mol. The van der Waals surface area contributed by atoms with Crippen LogP contribution in [0.4, 0.5) is 29.1 Å². The standard InChI is InChI=1S/C29H31F4N3O2/c1-18-8-5-6-10-23(18)24-15-26(36-11-7-9-22(36)17-37)34-16-25(24)35(4)27(38)28(2,3)19-12-20(29(31,32)33)14-21(30)13-19/h5-6,8,10,12-16,22,37H,7,9,11,17H2,1-4H3/t22-/m0/s1. The maximum absolute atomic E-state index is 14.2. The summed E-state index contributed by atoms with van der Waals surface area (Å²) in [7, 11) is 1.54. The molecular formula is C29H31F4N3O2. The molecule has 2 aromatic carbocycles. The van der Waals surface area contributed by atoms with Gasteiger partial charge in [-0.1, -0.05) is 24.3 Å². The van der Waals surface area contributed by atoms with E-state index in [2.05, 4.69) is 4.98 Å². The molecule has 2 heterocycles. The minimum absolute atomic E-state index is 0.00323. The summed E-state index contributed by atoms with van der Waals surface area (Å²) in [6.07, 6.45) is -1.40. The Morgan fingerprint density at radius 2 is 1.79 bits per heavy atom. The largest absolute Gasteiger partial charge is 0.416 e. The zero-order valence-corrected chi connectivity index (χ0v) is 21.8. The van der Waals surface area contributed by atoms with Gasteiger partial charge in [0.2, 0.25) is 5.91 Å². The normalized spacial score (nSPS) is 16.1. The third-order valence-electron chi connectivity index (χ3n) is 7.33. The third-order valence-corrected chi connectivity index (χ3v) is 7.33. The van der Waals surface area contributed by atoms with Gasteiger partial charge in [0.25, 0.3) is 0 Å². The van der Waals surface area contributed by atoms with Gasteiger partial charge in [0.15, 0.2) is 0 Å². The number of rotatable bonds is 6. The molecule has 1 aliphatic heterocycles. The molecule has 0 radical (unpaired) electrons. The van der Waals surface area contributed by atoms with Crippen LogP contribution in [0.3, 0.4) is 0 Å². The van der Waals surface area contributed by atoms with Crippen LogP contribution in [0.25, 0.3) is 11.1 Å². The van der Waals surface area contributed by atoms with E-state index in [-0.39, 0.29) is 18.2 Å². The third kappa shape index (κ3) is 5.25. The maximum atomic E-state index is 14.2. The molecule has 1 aliphatic rings. The SMILES string of the molecule is Cc1ccccc1-c1cc(N2CCC[C@H]2CO)ncc1N(C)C(=O)C(C)(C)c1cc(F)cc(C(F)(F)F)c1. The van der Waals surface area contributed by atoms with E-state index in [1.54, 1.807) is 13.2 Å². The number of hydrogen-bond donors (Lipinski definition) is 1. The fourth-order valence-electron chi connectivity index (χ4n) is 5.05. The van der Waals surface area contributed by atoms with E-state index in [4.69, 9.17) is 0 Å². The molecule has 38 heavy (non-hydrogen) atoms. The summed E-state index contributed by atoms with van der Waals surface area (Å²) in [6, 6.07) is 11.7. The molecule has 0 saturated carbocycles. The number of hydrogen-bond acceptors (Lipinski definition) is 4. The van der Waals surface area contributed by atoms with E-state index >= 15 is 0 Å². The molecule has 0 unspecified atom stereocenters. The minimum Gasteiger partial charge on any atom is -0.394 e. The van der Waals surface area contributed by atoms with Gasteiger partial charge in [-0.25, -0.2) is 9.37 Å². The van der Waals surface area contributed by atoms with Crippen LogP contribution in [0.1, 0.15) is 43.4 Å². The number of aliphatic hydroxyl groups excluding tert-OH is 1. The van der Waals surface area contributed by atoms with Crippen molar-refractivity contribution >= 4 is 17.4 Å². The maximum Gasteiger partial charge on any atom is 0.416 e. The lowest BCUT2D eigenvalue weighted by atomic mass is 9.82. The van der Waals surface area contributed by atoms with E-state index in [0.717, 1.165) is 48.2 Å². The highest BCUT2D eigenvalue weighted by Gasteiger charge is 2.38. The summed E-state index contributed by atoms with van der Waals surface area (Å²) in [6.45, 7) is 5.65. The first-order valence-electron chi connectivity index (χ1n) is 12.4. The molecule has 1 saturated heterocycles. The topological polar surface area (TPSA) is 56.7 Å². The Labute approximate surface area is 219 Å². The first kappa shape index (κ1) is 27.6. The van der Waals surface area contributed by atoms with Crippen LogP contribution < -0.4 is 9.80 Å². The first-order valence-corrected chi connectivity index (χ1v) is 12.4. The van der Waals surface area contributed by atoms with E-state index in [1.165, 1.54) is 18.7 Å².